The van der Waals surface area contributed by atoms with Crippen LogP contribution in [0.4, 0.5) is 0 Å². The molecule has 2 heterocycles. The van der Waals surface area contributed by atoms with Gasteiger partial charge in [-0.2, -0.15) is 0 Å². The summed E-state index contributed by atoms with van der Waals surface area (Å²) in [5, 5.41) is 3.41. The first kappa shape index (κ1) is 20.1. The highest BCUT2D eigenvalue weighted by molar-refractivity contribution is 7.22. The van der Waals surface area contributed by atoms with Crippen LogP contribution in [0.15, 0.2) is 71.8 Å². The fourth-order valence-electron chi connectivity index (χ4n) is 2.90. The first-order chi connectivity index (χ1) is 14.6. The van der Waals surface area contributed by atoms with Crippen LogP contribution < -0.4 is 15.6 Å². The second kappa shape index (κ2) is 9.11. The highest BCUT2D eigenvalue weighted by Gasteiger charge is 2.12. The van der Waals surface area contributed by atoms with Gasteiger partial charge in [0.15, 0.2) is 0 Å². The predicted octanol–water partition coefficient (Wildman–Crippen LogP) is 3.97. The number of ether oxygens (including phenoxy) is 1. The lowest BCUT2D eigenvalue weighted by atomic mass is 10.2. The van der Waals surface area contributed by atoms with E-state index in [-0.39, 0.29) is 18.0 Å². The van der Waals surface area contributed by atoms with Gasteiger partial charge in [0.2, 0.25) is 5.91 Å². The standard InChI is InChI=1S/C22H18ClN3O3S/c23-16-8-6-15(7-9-16)19-12-18-21(30-19)22(28)26(14-25-18)13-20(27)24-10-11-29-17-4-2-1-3-5-17/h1-9,12,14H,10-11,13H2,(H,24,27). The summed E-state index contributed by atoms with van der Waals surface area (Å²) in [6, 6.07) is 18.6. The third kappa shape index (κ3) is 4.69. The number of nitrogens with one attached hydrogen (secondary N) is 1. The van der Waals surface area contributed by atoms with E-state index in [1.807, 2.05) is 48.5 Å². The van der Waals surface area contributed by atoms with Gasteiger partial charge in [-0.1, -0.05) is 41.9 Å². The summed E-state index contributed by atoms with van der Waals surface area (Å²) in [5.74, 6) is 0.469. The van der Waals surface area contributed by atoms with Gasteiger partial charge in [0.1, 0.15) is 23.6 Å². The molecule has 0 fully saturated rings. The topological polar surface area (TPSA) is 73.2 Å². The molecule has 0 saturated carbocycles. The number of hydrogen-bond donors (Lipinski definition) is 1. The third-order valence-corrected chi connectivity index (χ3v) is 5.80. The highest BCUT2D eigenvalue weighted by Crippen LogP contribution is 2.31. The zero-order valence-electron chi connectivity index (χ0n) is 15.9. The zero-order valence-corrected chi connectivity index (χ0v) is 17.4. The van der Waals surface area contributed by atoms with Crippen molar-refractivity contribution in [1.82, 2.24) is 14.9 Å². The lowest BCUT2D eigenvalue weighted by Crippen LogP contribution is -2.34. The van der Waals surface area contributed by atoms with Gasteiger partial charge in [-0.25, -0.2) is 4.98 Å². The molecule has 0 radical (unpaired) electrons. The zero-order chi connectivity index (χ0) is 20.9. The van der Waals surface area contributed by atoms with Crippen LogP contribution in [0.1, 0.15) is 0 Å². The summed E-state index contributed by atoms with van der Waals surface area (Å²) in [5.41, 5.74) is 1.34. The minimum Gasteiger partial charge on any atom is -0.492 e. The van der Waals surface area contributed by atoms with Crippen LogP contribution in [0.2, 0.25) is 5.02 Å². The lowest BCUT2D eigenvalue weighted by Gasteiger charge is -2.08. The summed E-state index contributed by atoms with van der Waals surface area (Å²) in [4.78, 5) is 30.3. The maximum Gasteiger partial charge on any atom is 0.271 e. The van der Waals surface area contributed by atoms with Crippen molar-refractivity contribution in [3.05, 3.63) is 82.4 Å². The maximum atomic E-state index is 12.8. The summed E-state index contributed by atoms with van der Waals surface area (Å²) in [6.45, 7) is 0.594. The molecule has 152 valence electrons. The number of benzene rings is 2. The minimum atomic E-state index is -0.274. The van der Waals surface area contributed by atoms with Crippen molar-refractivity contribution in [3.63, 3.8) is 0 Å². The van der Waals surface area contributed by atoms with E-state index in [4.69, 9.17) is 16.3 Å². The Hall–Kier alpha value is -3.16. The molecule has 0 unspecified atom stereocenters. The van der Waals surface area contributed by atoms with E-state index < -0.39 is 0 Å². The summed E-state index contributed by atoms with van der Waals surface area (Å²) < 4.78 is 7.37. The molecule has 0 aliphatic rings. The van der Waals surface area contributed by atoms with E-state index >= 15 is 0 Å². The van der Waals surface area contributed by atoms with Crippen LogP contribution in [-0.4, -0.2) is 28.6 Å². The number of rotatable bonds is 7. The molecule has 0 saturated heterocycles. The van der Waals surface area contributed by atoms with Gasteiger partial charge in [-0.15, -0.1) is 11.3 Å². The van der Waals surface area contributed by atoms with Gasteiger partial charge in [0.05, 0.1) is 18.4 Å². The number of para-hydroxylation sites is 1. The van der Waals surface area contributed by atoms with Gasteiger partial charge in [-0.3, -0.25) is 14.2 Å². The van der Waals surface area contributed by atoms with Crippen molar-refractivity contribution in [2.75, 3.05) is 13.2 Å². The number of fused-ring (bicyclic) bond motifs is 1. The molecule has 0 aliphatic heterocycles. The molecule has 8 heteroatoms. The number of carbonyl (C=O) groups is 1. The fourth-order valence-corrected chi connectivity index (χ4v) is 4.09. The van der Waals surface area contributed by atoms with Crippen molar-refractivity contribution in [1.29, 1.82) is 0 Å². The van der Waals surface area contributed by atoms with Gasteiger partial charge in [-0.05, 0) is 35.9 Å². The van der Waals surface area contributed by atoms with Crippen LogP contribution in [0, 0.1) is 0 Å². The molecule has 0 bridgehead atoms. The van der Waals surface area contributed by atoms with Gasteiger partial charge in [0.25, 0.3) is 5.56 Å². The molecule has 2 aromatic heterocycles. The van der Waals surface area contributed by atoms with E-state index in [9.17, 15) is 9.59 Å². The van der Waals surface area contributed by atoms with Crippen molar-refractivity contribution in [2.24, 2.45) is 0 Å². The highest BCUT2D eigenvalue weighted by atomic mass is 35.5. The maximum absolute atomic E-state index is 12.8. The van der Waals surface area contributed by atoms with Crippen molar-refractivity contribution in [3.8, 4) is 16.2 Å². The van der Waals surface area contributed by atoms with Crippen LogP contribution in [0.25, 0.3) is 20.7 Å². The Morgan fingerprint density at radius 2 is 1.90 bits per heavy atom. The molecule has 6 nitrogen and oxygen atoms in total. The van der Waals surface area contributed by atoms with Crippen molar-refractivity contribution >= 4 is 39.1 Å². The molecule has 30 heavy (non-hydrogen) atoms. The van der Waals surface area contributed by atoms with E-state index in [0.717, 1.165) is 16.2 Å². The summed E-state index contributed by atoms with van der Waals surface area (Å²) in [7, 11) is 0. The molecule has 0 atom stereocenters. The Balaban J connectivity index is 1.40. The van der Waals surface area contributed by atoms with E-state index in [2.05, 4.69) is 10.3 Å². The average Bonchev–Trinajstić information content (AvgIpc) is 3.20. The van der Waals surface area contributed by atoms with E-state index in [1.54, 1.807) is 12.1 Å². The normalized spacial score (nSPS) is 10.8. The van der Waals surface area contributed by atoms with Gasteiger partial charge < -0.3 is 10.1 Å². The Kier molecular flexibility index (Phi) is 6.11. The number of carbonyl (C=O) groups excluding carboxylic acids is 1. The predicted molar refractivity (Wildman–Crippen MR) is 119 cm³/mol. The summed E-state index contributed by atoms with van der Waals surface area (Å²) in [6.07, 6.45) is 1.41. The molecule has 0 spiro atoms. The number of nitrogens with zero attached hydrogens (tertiary/aromatic N) is 2. The minimum absolute atomic E-state index is 0.0959. The van der Waals surface area contributed by atoms with E-state index in [0.29, 0.717) is 28.4 Å². The third-order valence-electron chi connectivity index (χ3n) is 4.38. The Morgan fingerprint density at radius 1 is 1.13 bits per heavy atom. The van der Waals surface area contributed by atoms with Gasteiger partial charge in [0, 0.05) is 9.90 Å². The van der Waals surface area contributed by atoms with Gasteiger partial charge >= 0.3 is 0 Å². The molecule has 1 N–H and O–H groups in total. The molecule has 0 aliphatic carbocycles. The Labute approximate surface area is 181 Å². The quantitative estimate of drug-likeness (QED) is 0.442. The molecular weight excluding hydrogens is 422 g/mol. The number of hydrogen-bond acceptors (Lipinski definition) is 5. The van der Waals surface area contributed by atoms with Crippen LogP contribution in [0.3, 0.4) is 0 Å². The summed E-state index contributed by atoms with van der Waals surface area (Å²) >= 11 is 7.29. The Morgan fingerprint density at radius 3 is 2.67 bits per heavy atom. The van der Waals surface area contributed by atoms with Crippen molar-refractivity contribution < 1.29 is 9.53 Å². The number of thiophene rings is 1. The fraction of sp³-hybridized carbons (Fsp3) is 0.136. The number of amides is 1. The van der Waals surface area contributed by atoms with Crippen LogP contribution >= 0.6 is 22.9 Å². The number of halogens is 1. The molecule has 1 amide bonds. The smallest absolute Gasteiger partial charge is 0.271 e. The van der Waals surface area contributed by atoms with Crippen LogP contribution in [-0.2, 0) is 11.3 Å². The average molecular weight is 440 g/mol. The largest absolute Gasteiger partial charge is 0.492 e. The molecule has 4 rings (SSSR count). The second-order valence-corrected chi connectivity index (χ2v) is 8.01. The molecule has 4 aromatic rings. The first-order valence-electron chi connectivity index (χ1n) is 9.29. The monoisotopic (exact) mass is 439 g/mol. The molecular formula is C22H18ClN3O3S. The molecule has 2 aromatic carbocycles. The van der Waals surface area contributed by atoms with E-state index in [1.165, 1.54) is 22.2 Å². The van der Waals surface area contributed by atoms with Crippen LogP contribution in [0.5, 0.6) is 5.75 Å². The Bertz CT molecular complexity index is 1220. The van der Waals surface area contributed by atoms with Crippen molar-refractivity contribution in [2.45, 2.75) is 6.54 Å². The SMILES string of the molecule is O=C(Cn1cnc2cc(-c3ccc(Cl)cc3)sc2c1=O)NCCOc1ccccc1. The first-order valence-corrected chi connectivity index (χ1v) is 10.5. The number of aromatic nitrogens is 2. The lowest BCUT2D eigenvalue weighted by molar-refractivity contribution is -0.121. The second-order valence-electron chi connectivity index (χ2n) is 6.52.